The van der Waals surface area contributed by atoms with Crippen LogP contribution in [0.4, 0.5) is 0 Å². The van der Waals surface area contributed by atoms with E-state index < -0.39 is 0 Å². The molecule has 0 amide bonds. The topological polar surface area (TPSA) is 52.8 Å². The van der Waals surface area contributed by atoms with Gasteiger partial charge in [0.15, 0.2) is 10.8 Å². The van der Waals surface area contributed by atoms with Crippen molar-refractivity contribution < 1.29 is 4.74 Å². The third-order valence-electron chi connectivity index (χ3n) is 2.27. The Morgan fingerprint density at radius 1 is 1.43 bits per heavy atom. The fourth-order valence-corrected chi connectivity index (χ4v) is 1.87. The summed E-state index contributed by atoms with van der Waals surface area (Å²) in [6.45, 7) is 1.97. The standard InChI is InChI=1S/C8H7ClN4O/c9-7-6-8(11-4-10-7)12-5-3-14-2-1-13(5)6/h4H,1-3H2. The Bertz CT molecular complexity index is 495. The van der Waals surface area contributed by atoms with Crippen molar-refractivity contribution >= 4 is 22.8 Å². The molecule has 72 valence electrons. The first kappa shape index (κ1) is 8.14. The van der Waals surface area contributed by atoms with Crippen LogP contribution in [0.5, 0.6) is 0 Å². The SMILES string of the molecule is Clc1ncnc2nc3n(c12)CCOC3. The van der Waals surface area contributed by atoms with E-state index in [1.165, 1.54) is 6.33 Å². The minimum Gasteiger partial charge on any atom is -0.372 e. The van der Waals surface area contributed by atoms with Gasteiger partial charge in [-0.05, 0) is 0 Å². The zero-order valence-electron chi connectivity index (χ0n) is 7.27. The van der Waals surface area contributed by atoms with Gasteiger partial charge in [-0.2, -0.15) is 0 Å². The molecule has 3 heterocycles. The third kappa shape index (κ3) is 1.03. The van der Waals surface area contributed by atoms with E-state index in [4.69, 9.17) is 16.3 Å². The van der Waals surface area contributed by atoms with Gasteiger partial charge in [0.25, 0.3) is 0 Å². The predicted molar refractivity (Wildman–Crippen MR) is 50.0 cm³/mol. The summed E-state index contributed by atoms with van der Waals surface area (Å²) in [4.78, 5) is 12.3. The fraction of sp³-hybridized carbons (Fsp3) is 0.375. The maximum Gasteiger partial charge on any atom is 0.182 e. The molecule has 0 saturated heterocycles. The number of ether oxygens (including phenoxy) is 1. The quantitative estimate of drug-likeness (QED) is 0.609. The van der Waals surface area contributed by atoms with Gasteiger partial charge in [-0.3, -0.25) is 0 Å². The summed E-state index contributed by atoms with van der Waals surface area (Å²) in [5, 5.41) is 0.454. The number of aromatic nitrogens is 4. The highest BCUT2D eigenvalue weighted by atomic mass is 35.5. The average molecular weight is 211 g/mol. The van der Waals surface area contributed by atoms with Crippen molar-refractivity contribution in [1.29, 1.82) is 0 Å². The first-order valence-electron chi connectivity index (χ1n) is 4.29. The van der Waals surface area contributed by atoms with Crippen LogP contribution in [0, 0.1) is 0 Å². The lowest BCUT2D eigenvalue weighted by molar-refractivity contribution is 0.0830. The van der Waals surface area contributed by atoms with Gasteiger partial charge in [-0.1, -0.05) is 11.6 Å². The summed E-state index contributed by atoms with van der Waals surface area (Å²) in [6, 6.07) is 0. The largest absolute Gasteiger partial charge is 0.372 e. The molecule has 0 saturated carbocycles. The lowest BCUT2D eigenvalue weighted by atomic mass is 10.5. The summed E-state index contributed by atoms with van der Waals surface area (Å²) < 4.78 is 7.31. The van der Waals surface area contributed by atoms with E-state index in [1.54, 1.807) is 0 Å². The number of hydrogen-bond donors (Lipinski definition) is 0. The van der Waals surface area contributed by atoms with Crippen LogP contribution in [0.15, 0.2) is 6.33 Å². The van der Waals surface area contributed by atoms with Gasteiger partial charge in [0.05, 0.1) is 6.61 Å². The highest BCUT2D eigenvalue weighted by Gasteiger charge is 2.17. The molecule has 0 aromatic carbocycles. The maximum atomic E-state index is 5.98. The van der Waals surface area contributed by atoms with E-state index in [0.717, 1.165) is 17.9 Å². The molecule has 5 nitrogen and oxygen atoms in total. The molecule has 0 fully saturated rings. The van der Waals surface area contributed by atoms with Crippen LogP contribution in [0.25, 0.3) is 11.2 Å². The minimum absolute atomic E-state index is 0.454. The number of halogens is 1. The Hall–Kier alpha value is -1.20. The number of fused-ring (bicyclic) bond motifs is 3. The van der Waals surface area contributed by atoms with Crippen molar-refractivity contribution in [1.82, 2.24) is 19.5 Å². The summed E-state index contributed by atoms with van der Waals surface area (Å²) in [6.07, 6.45) is 1.42. The van der Waals surface area contributed by atoms with E-state index in [-0.39, 0.29) is 0 Å². The van der Waals surface area contributed by atoms with Crippen LogP contribution in [-0.4, -0.2) is 26.1 Å². The molecule has 0 atom stereocenters. The second-order valence-corrected chi connectivity index (χ2v) is 3.43. The smallest absolute Gasteiger partial charge is 0.182 e. The van der Waals surface area contributed by atoms with Crippen molar-refractivity contribution in [3.8, 4) is 0 Å². The zero-order chi connectivity index (χ0) is 9.54. The van der Waals surface area contributed by atoms with Crippen LogP contribution in [-0.2, 0) is 17.9 Å². The Labute approximate surface area is 84.7 Å². The Kier molecular flexibility index (Phi) is 1.68. The predicted octanol–water partition coefficient (Wildman–Crippen LogP) is 1.01. The van der Waals surface area contributed by atoms with Crippen molar-refractivity contribution in [2.24, 2.45) is 0 Å². The fourth-order valence-electron chi connectivity index (χ4n) is 1.64. The second-order valence-electron chi connectivity index (χ2n) is 3.07. The molecular weight excluding hydrogens is 204 g/mol. The average Bonchev–Trinajstić information content (AvgIpc) is 2.57. The number of hydrogen-bond acceptors (Lipinski definition) is 4. The highest BCUT2D eigenvalue weighted by Crippen LogP contribution is 2.22. The van der Waals surface area contributed by atoms with Crippen molar-refractivity contribution in [3.63, 3.8) is 0 Å². The Morgan fingerprint density at radius 3 is 3.29 bits per heavy atom. The normalized spacial score (nSPS) is 15.8. The van der Waals surface area contributed by atoms with E-state index >= 15 is 0 Å². The summed E-state index contributed by atoms with van der Waals surface area (Å²) in [7, 11) is 0. The Balaban J connectivity index is 2.38. The third-order valence-corrected chi connectivity index (χ3v) is 2.54. The van der Waals surface area contributed by atoms with Gasteiger partial charge >= 0.3 is 0 Å². The number of rotatable bonds is 0. The molecule has 1 aliphatic heterocycles. The van der Waals surface area contributed by atoms with Crippen LogP contribution < -0.4 is 0 Å². The van der Waals surface area contributed by atoms with E-state index in [1.807, 2.05) is 4.57 Å². The molecule has 2 aromatic rings. The molecule has 14 heavy (non-hydrogen) atoms. The van der Waals surface area contributed by atoms with Gasteiger partial charge in [0.1, 0.15) is 24.3 Å². The van der Waals surface area contributed by atoms with Crippen LogP contribution >= 0.6 is 11.6 Å². The zero-order valence-corrected chi connectivity index (χ0v) is 8.03. The highest BCUT2D eigenvalue weighted by molar-refractivity contribution is 6.33. The summed E-state index contributed by atoms with van der Waals surface area (Å²) >= 11 is 5.98. The number of imidazole rings is 1. The maximum absolute atomic E-state index is 5.98. The van der Waals surface area contributed by atoms with Gasteiger partial charge in [-0.25, -0.2) is 15.0 Å². The van der Waals surface area contributed by atoms with Crippen LogP contribution in [0.2, 0.25) is 5.15 Å². The molecule has 0 radical (unpaired) electrons. The first-order valence-corrected chi connectivity index (χ1v) is 4.67. The summed E-state index contributed by atoms with van der Waals surface area (Å²) in [5.41, 5.74) is 1.46. The molecule has 3 rings (SSSR count). The van der Waals surface area contributed by atoms with Crippen LogP contribution in [0.1, 0.15) is 5.82 Å². The van der Waals surface area contributed by atoms with Crippen LogP contribution in [0.3, 0.4) is 0 Å². The monoisotopic (exact) mass is 210 g/mol. The van der Waals surface area contributed by atoms with E-state index in [0.29, 0.717) is 24.0 Å². The van der Waals surface area contributed by atoms with Gasteiger partial charge in [-0.15, -0.1) is 0 Å². The van der Waals surface area contributed by atoms with E-state index in [2.05, 4.69) is 15.0 Å². The molecule has 0 aliphatic carbocycles. The molecule has 6 heteroatoms. The van der Waals surface area contributed by atoms with Crippen molar-refractivity contribution in [3.05, 3.63) is 17.3 Å². The molecule has 1 aliphatic rings. The summed E-state index contributed by atoms with van der Waals surface area (Å²) in [5.74, 6) is 0.869. The molecule has 0 bridgehead atoms. The molecule has 2 aromatic heterocycles. The van der Waals surface area contributed by atoms with E-state index in [9.17, 15) is 0 Å². The lowest BCUT2D eigenvalue weighted by Crippen LogP contribution is -2.16. The minimum atomic E-state index is 0.454. The molecule has 0 N–H and O–H groups in total. The van der Waals surface area contributed by atoms with Gasteiger partial charge < -0.3 is 9.30 Å². The first-order chi connectivity index (χ1) is 6.86. The van der Waals surface area contributed by atoms with Gasteiger partial charge in [0, 0.05) is 6.54 Å². The lowest BCUT2D eigenvalue weighted by Gasteiger charge is -2.14. The second kappa shape index (κ2) is 2.90. The van der Waals surface area contributed by atoms with Crippen molar-refractivity contribution in [2.75, 3.05) is 6.61 Å². The van der Waals surface area contributed by atoms with Crippen molar-refractivity contribution in [2.45, 2.75) is 13.2 Å². The molecule has 0 spiro atoms. The molecule has 0 unspecified atom stereocenters. The molecular formula is C8H7ClN4O. The Morgan fingerprint density at radius 2 is 2.36 bits per heavy atom. The number of nitrogens with zero attached hydrogens (tertiary/aromatic N) is 4. The van der Waals surface area contributed by atoms with Gasteiger partial charge in [0.2, 0.25) is 0 Å².